The van der Waals surface area contributed by atoms with Gasteiger partial charge in [-0.25, -0.2) is 8.42 Å². The molecular formula is C20H21N3O2S. The molecular weight excluding hydrogens is 346 g/mol. The monoisotopic (exact) mass is 367 g/mol. The summed E-state index contributed by atoms with van der Waals surface area (Å²) in [5.41, 5.74) is 4.36. The topological polar surface area (TPSA) is 71.1 Å². The molecule has 1 aromatic heterocycles. The highest BCUT2D eigenvalue weighted by Crippen LogP contribution is 2.20. The van der Waals surface area contributed by atoms with Crippen molar-refractivity contribution in [2.75, 3.05) is 10.0 Å². The summed E-state index contributed by atoms with van der Waals surface area (Å²) in [6, 6.07) is 18.0. The maximum Gasteiger partial charge on any atom is 0.261 e. The van der Waals surface area contributed by atoms with Gasteiger partial charge in [-0.2, -0.15) is 0 Å². The van der Waals surface area contributed by atoms with Crippen LogP contribution in [0.2, 0.25) is 0 Å². The van der Waals surface area contributed by atoms with Crippen molar-refractivity contribution in [3.8, 4) is 0 Å². The second kappa shape index (κ2) is 7.58. The van der Waals surface area contributed by atoms with Crippen LogP contribution in [-0.2, 0) is 16.6 Å². The van der Waals surface area contributed by atoms with Crippen molar-refractivity contribution in [3.63, 3.8) is 0 Å². The summed E-state index contributed by atoms with van der Waals surface area (Å²) < 4.78 is 27.7. The fourth-order valence-electron chi connectivity index (χ4n) is 2.45. The van der Waals surface area contributed by atoms with Crippen molar-refractivity contribution in [3.05, 3.63) is 83.7 Å². The number of hydrogen-bond donors (Lipinski definition) is 2. The third kappa shape index (κ3) is 4.40. The summed E-state index contributed by atoms with van der Waals surface area (Å²) in [7, 11) is -3.60. The summed E-state index contributed by atoms with van der Waals surface area (Å²) in [6.07, 6.45) is 1.75. The zero-order valence-corrected chi connectivity index (χ0v) is 15.5. The van der Waals surface area contributed by atoms with E-state index in [0.29, 0.717) is 12.2 Å². The minimum absolute atomic E-state index is 0.262. The second-order valence-corrected chi connectivity index (χ2v) is 7.79. The van der Waals surface area contributed by atoms with Gasteiger partial charge in [0, 0.05) is 17.6 Å². The van der Waals surface area contributed by atoms with E-state index in [-0.39, 0.29) is 4.90 Å². The normalized spacial score (nSPS) is 11.2. The molecule has 0 aliphatic carbocycles. The molecule has 0 spiro atoms. The van der Waals surface area contributed by atoms with E-state index in [0.717, 1.165) is 22.5 Å². The van der Waals surface area contributed by atoms with E-state index in [1.807, 2.05) is 50.2 Å². The number of hydrogen-bond acceptors (Lipinski definition) is 4. The van der Waals surface area contributed by atoms with Crippen molar-refractivity contribution >= 4 is 21.4 Å². The van der Waals surface area contributed by atoms with Gasteiger partial charge < -0.3 is 5.32 Å². The first kappa shape index (κ1) is 17.9. The quantitative estimate of drug-likeness (QED) is 0.688. The molecule has 1 heterocycles. The maximum absolute atomic E-state index is 12.5. The first-order valence-corrected chi connectivity index (χ1v) is 9.76. The summed E-state index contributed by atoms with van der Waals surface area (Å²) in [4.78, 5) is 4.51. The van der Waals surface area contributed by atoms with Crippen LogP contribution in [0.25, 0.3) is 0 Å². The number of nitrogens with one attached hydrogen (secondary N) is 2. The Balaban J connectivity index is 1.67. The third-order valence-corrected chi connectivity index (χ3v) is 5.50. The SMILES string of the molecule is Cc1ccc(S(=O)(=O)Nc2ccc(NCc3ccccn3)cc2)cc1C. The fourth-order valence-corrected chi connectivity index (χ4v) is 3.59. The molecule has 0 unspecified atom stereocenters. The first-order chi connectivity index (χ1) is 12.4. The molecule has 0 aliphatic rings. The Morgan fingerprint density at radius 3 is 2.27 bits per heavy atom. The van der Waals surface area contributed by atoms with Crippen molar-refractivity contribution in [1.29, 1.82) is 0 Å². The van der Waals surface area contributed by atoms with Crippen molar-refractivity contribution in [2.45, 2.75) is 25.3 Å². The van der Waals surface area contributed by atoms with Gasteiger partial charge in [-0.3, -0.25) is 9.71 Å². The van der Waals surface area contributed by atoms with E-state index in [1.54, 1.807) is 30.5 Å². The Morgan fingerprint density at radius 1 is 0.885 bits per heavy atom. The van der Waals surface area contributed by atoms with Crippen LogP contribution in [0.5, 0.6) is 0 Å². The van der Waals surface area contributed by atoms with Crippen molar-refractivity contribution in [2.24, 2.45) is 0 Å². The number of benzene rings is 2. The van der Waals surface area contributed by atoms with E-state index < -0.39 is 10.0 Å². The van der Waals surface area contributed by atoms with Gasteiger partial charge in [0.2, 0.25) is 0 Å². The molecule has 0 bridgehead atoms. The van der Waals surface area contributed by atoms with Gasteiger partial charge in [-0.05, 0) is 73.5 Å². The largest absolute Gasteiger partial charge is 0.379 e. The predicted molar refractivity (Wildman–Crippen MR) is 105 cm³/mol. The van der Waals surface area contributed by atoms with Crippen LogP contribution < -0.4 is 10.0 Å². The fraction of sp³-hybridized carbons (Fsp3) is 0.150. The highest BCUT2D eigenvalue weighted by Gasteiger charge is 2.14. The van der Waals surface area contributed by atoms with Crippen molar-refractivity contribution in [1.82, 2.24) is 4.98 Å². The Kier molecular flexibility index (Phi) is 5.23. The number of anilines is 2. The molecule has 2 N–H and O–H groups in total. The van der Waals surface area contributed by atoms with Crippen LogP contribution in [0, 0.1) is 13.8 Å². The van der Waals surface area contributed by atoms with E-state index in [1.165, 1.54) is 0 Å². The van der Waals surface area contributed by atoms with Crippen LogP contribution in [0.15, 0.2) is 71.8 Å². The molecule has 0 saturated carbocycles. The molecule has 3 rings (SSSR count). The number of pyridine rings is 1. The van der Waals surface area contributed by atoms with Gasteiger partial charge in [0.25, 0.3) is 10.0 Å². The zero-order chi connectivity index (χ0) is 18.6. The molecule has 6 heteroatoms. The lowest BCUT2D eigenvalue weighted by molar-refractivity contribution is 0.601. The van der Waals surface area contributed by atoms with Crippen LogP contribution >= 0.6 is 0 Å². The average Bonchev–Trinajstić information content (AvgIpc) is 2.64. The van der Waals surface area contributed by atoms with Gasteiger partial charge in [-0.1, -0.05) is 12.1 Å². The standard InChI is InChI=1S/C20H21N3O2S/c1-15-6-11-20(13-16(15)2)26(24,25)23-18-9-7-17(8-10-18)22-14-19-5-3-4-12-21-19/h3-13,22-23H,14H2,1-2H3. The Hall–Kier alpha value is -2.86. The van der Waals surface area contributed by atoms with E-state index in [4.69, 9.17) is 0 Å². The molecule has 26 heavy (non-hydrogen) atoms. The number of nitrogens with zero attached hydrogens (tertiary/aromatic N) is 1. The molecule has 134 valence electrons. The first-order valence-electron chi connectivity index (χ1n) is 8.28. The van der Waals surface area contributed by atoms with Crippen molar-refractivity contribution < 1.29 is 8.42 Å². The second-order valence-electron chi connectivity index (χ2n) is 6.10. The number of aryl methyl sites for hydroxylation is 2. The molecule has 0 fully saturated rings. The van der Waals surface area contributed by atoms with Gasteiger partial charge in [0.1, 0.15) is 0 Å². The highest BCUT2D eigenvalue weighted by atomic mass is 32.2. The third-order valence-electron chi connectivity index (χ3n) is 4.13. The van der Waals surface area contributed by atoms with Gasteiger partial charge in [0.05, 0.1) is 17.1 Å². The average molecular weight is 367 g/mol. The summed E-state index contributed by atoms with van der Waals surface area (Å²) in [5, 5.41) is 3.26. The van der Waals surface area contributed by atoms with Crippen LogP contribution in [0.4, 0.5) is 11.4 Å². The Bertz CT molecular complexity index is 985. The molecule has 3 aromatic rings. The summed E-state index contributed by atoms with van der Waals surface area (Å²) in [6.45, 7) is 4.46. The molecule has 0 aliphatic heterocycles. The smallest absolute Gasteiger partial charge is 0.261 e. The van der Waals surface area contributed by atoms with Gasteiger partial charge >= 0.3 is 0 Å². The van der Waals surface area contributed by atoms with E-state index >= 15 is 0 Å². The molecule has 0 saturated heterocycles. The van der Waals surface area contributed by atoms with Gasteiger partial charge in [0.15, 0.2) is 0 Å². The Morgan fingerprint density at radius 2 is 1.62 bits per heavy atom. The summed E-state index contributed by atoms with van der Waals surface area (Å²) in [5.74, 6) is 0. The lowest BCUT2D eigenvalue weighted by Crippen LogP contribution is -2.13. The minimum atomic E-state index is -3.60. The number of sulfonamides is 1. The maximum atomic E-state index is 12.5. The van der Waals surface area contributed by atoms with Gasteiger partial charge in [-0.15, -0.1) is 0 Å². The lowest BCUT2D eigenvalue weighted by Gasteiger charge is -2.11. The number of rotatable bonds is 6. The highest BCUT2D eigenvalue weighted by molar-refractivity contribution is 7.92. The molecule has 0 radical (unpaired) electrons. The zero-order valence-electron chi connectivity index (χ0n) is 14.7. The van der Waals surface area contributed by atoms with E-state index in [9.17, 15) is 8.42 Å². The summed E-state index contributed by atoms with van der Waals surface area (Å²) >= 11 is 0. The molecule has 0 atom stereocenters. The Labute approximate surface area is 154 Å². The lowest BCUT2D eigenvalue weighted by atomic mass is 10.1. The predicted octanol–water partition coefficient (Wildman–Crippen LogP) is 4.11. The van der Waals surface area contributed by atoms with Crippen LogP contribution in [0.3, 0.4) is 0 Å². The number of aromatic nitrogens is 1. The van der Waals surface area contributed by atoms with Crippen LogP contribution in [-0.4, -0.2) is 13.4 Å². The van der Waals surface area contributed by atoms with Crippen LogP contribution in [0.1, 0.15) is 16.8 Å². The van der Waals surface area contributed by atoms with E-state index in [2.05, 4.69) is 15.0 Å². The molecule has 0 amide bonds. The molecule has 2 aromatic carbocycles. The molecule has 5 nitrogen and oxygen atoms in total. The minimum Gasteiger partial charge on any atom is -0.379 e.